The van der Waals surface area contributed by atoms with E-state index in [2.05, 4.69) is 0 Å². The predicted octanol–water partition coefficient (Wildman–Crippen LogP) is 5.53. The molecule has 8 heteroatoms. The summed E-state index contributed by atoms with van der Waals surface area (Å²) in [5.74, 6) is -0.444. The molecule has 1 atom stereocenters. The van der Waals surface area contributed by atoms with Gasteiger partial charge in [-0.3, -0.25) is 4.79 Å². The zero-order valence-corrected chi connectivity index (χ0v) is 20.9. The summed E-state index contributed by atoms with van der Waals surface area (Å²) in [4.78, 5) is 34.5. The van der Waals surface area contributed by atoms with E-state index in [4.69, 9.17) is 21.3 Å². The number of methoxy groups -OCH3 is 1. The lowest BCUT2D eigenvalue weighted by atomic mass is 9.93. The fraction of sp³-hybridized carbons (Fsp3) is 0.269. The molecule has 34 heavy (non-hydrogen) atoms. The maximum atomic E-state index is 13.1. The predicted molar refractivity (Wildman–Crippen MR) is 136 cm³/mol. The molecule has 1 amide bonds. The number of carbonyl (C=O) groups excluding carboxylic acids is 2. The molecular weight excluding hydrogens is 470 g/mol. The second kappa shape index (κ2) is 10.5. The Morgan fingerprint density at radius 2 is 1.85 bits per heavy atom. The van der Waals surface area contributed by atoms with Crippen LogP contribution in [0.15, 0.2) is 82.0 Å². The van der Waals surface area contributed by atoms with Gasteiger partial charge in [0.1, 0.15) is 0 Å². The molecule has 0 fully saturated rings. The Balaban J connectivity index is 1.65. The van der Waals surface area contributed by atoms with Crippen LogP contribution in [-0.4, -0.2) is 41.0 Å². The fourth-order valence-electron chi connectivity index (χ4n) is 4.11. The summed E-state index contributed by atoms with van der Waals surface area (Å²) in [5, 5.41) is 3.30. The normalized spacial score (nSPS) is 17.2. The van der Waals surface area contributed by atoms with Gasteiger partial charge in [-0.15, -0.1) is 0 Å². The number of thioether (sulfide) groups is 1. The van der Waals surface area contributed by atoms with Crippen molar-refractivity contribution in [2.75, 3.05) is 14.2 Å². The standard InChI is InChI=1S/C26H26ClN3O3S/c1-4-21-23(25(32)33-3)24(18-10-12-19(27)13-11-18)30-20(16-34-26(30)28-21)14-22(31)29(2)15-17-8-6-5-7-9-17/h5-13,16,24H,4,14-15H2,1-3H3. The second-order valence-corrected chi connectivity index (χ2v) is 9.34. The van der Waals surface area contributed by atoms with Crippen LogP contribution in [0.25, 0.3) is 0 Å². The smallest absolute Gasteiger partial charge is 0.338 e. The Labute approximate surface area is 208 Å². The molecule has 6 nitrogen and oxygen atoms in total. The highest BCUT2D eigenvalue weighted by Crippen LogP contribution is 2.45. The van der Waals surface area contributed by atoms with Crippen LogP contribution in [0.4, 0.5) is 0 Å². The number of aliphatic imine (C=N–C) groups is 1. The molecule has 2 aliphatic rings. The van der Waals surface area contributed by atoms with Gasteiger partial charge >= 0.3 is 5.97 Å². The molecule has 2 aromatic rings. The van der Waals surface area contributed by atoms with Crippen molar-refractivity contribution < 1.29 is 14.3 Å². The van der Waals surface area contributed by atoms with Crippen molar-refractivity contribution >= 4 is 40.4 Å². The van der Waals surface area contributed by atoms with Crippen molar-refractivity contribution in [2.45, 2.75) is 32.4 Å². The number of amidine groups is 1. The number of rotatable bonds is 7. The number of allylic oxidation sites excluding steroid dienone is 1. The Kier molecular flexibility index (Phi) is 7.44. The van der Waals surface area contributed by atoms with Crippen LogP contribution in [0.2, 0.25) is 5.02 Å². The van der Waals surface area contributed by atoms with Gasteiger partial charge in [0.2, 0.25) is 5.91 Å². The van der Waals surface area contributed by atoms with Crippen LogP contribution in [0, 0.1) is 0 Å². The average molecular weight is 496 g/mol. The second-order valence-electron chi connectivity index (χ2n) is 8.06. The molecule has 2 aromatic carbocycles. The lowest BCUT2D eigenvalue weighted by Gasteiger charge is -2.36. The molecule has 2 aliphatic heterocycles. The monoisotopic (exact) mass is 495 g/mol. The van der Waals surface area contributed by atoms with E-state index in [1.54, 1.807) is 24.1 Å². The van der Waals surface area contributed by atoms with Crippen molar-refractivity contribution in [1.82, 2.24) is 9.80 Å². The van der Waals surface area contributed by atoms with Crippen LogP contribution < -0.4 is 0 Å². The molecule has 0 N–H and O–H groups in total. The molecule has 0 aromatic heterocycles. The van der Waals surface area contributed by atoms with Gasteiger partial charge in [-0.25, -0.2) is 9.79 Å². The number of fused-ring (bicyclic) bond motifs is 1. The lowest BCUT2D eigenvalue weighted by Crippen LogP contribution is -2.38. The van der Waals surface area contributed by atoms with Crippen molar-refractivity contribution in [3.8, 4) is 0 Å². The average Bonchev–Trinajstić information content (AvgIpc) is 3.25. The third-order valence-corrected chi connectivity index (χ3v) is 6.98. The summed E-state index contributed by atoms with van der Waals surface area (Å²) < 4.78 is 5.15. The number of ether oxygens (including phenoxy) is 1. The minimum atomic E-state index is -0.458. The van der Waals surface area contributed by atoms with Crippen molar-refractivity contribution in [1.29, 1.82) is 0 Å². The molecule has 176 valence electrons. The number of halogens is 1. The van der Waals surface area contributed by atoms with Crippen molar-refractivity contribution in [3.63, 3.8) is 0 Å². The fourth-order valence-corrected chi connectivity index (χ4v) is 5.17. The highest BCUT2D eigenvalue weighted by Gasteiger charge is 2.41. The summed E-state index contributed by atoms with van der Waals surface area (Å²) in [6.45, 7) is 2.49. The summed E-state index contributed by atoms with van der Waals surface area (Å²) in [6, 6.07) is 16.8. The molecule has 0 spiro atoms. The molecule has 0 saturated carbocycles. The van der Waals surface area contributed by atoms with Gasteiger partial charge in [0, 0.05) is 24.3 Å². The zero-order valence-electron chi connectivity index (χ0n) is 19.3. The summed E-state index contributed by atoms with van der Waals surface area (Å²) in [6.07, 6.45) is 0.774. The van der Waals surface area contributed by atoms with Gasteiger partial charge < -0.3 is 14.5 Å². The highest BCUT2D eigenvalue weighted by molar-refractivity contribution is 8.16. The van der Waals surface area contributed by atoms with E-state index >= 15 is 0 Å². The molecule has 0 radical (unpaired) electrons. The lowest BCUT2D eigenvalue weighted by molar-refractivity contribution is -0.136. The van der Waals surface area contributed by atoms with Gasteiger partial charge in [0.25, 0.3) is 0 Å². The number of carbonyl (C=O) groups is 2. The Morgan fingerprint density at radius 1 is 1.15 bits per heavy atom. The van der Waals surface area contributed by atoms with Crippen LogP contribution in [-0.2, 0) is 20.9 Å². The van der Waals surface area contributed by atoms with Gasteiger partial charge in [-0.2, -0.15) is 0 Å². The maximum Gasteiger partial charge on any atom is 0.338 e. The largest absolute Gasteiger partial charge is 0.466 e. The number of hydrogen-bond acceptors (Lipinski definition) is 6. The first kappa shape index (κ1) is 24.1. The molecule has 1 unspecified atom stereocenters. The molecule has 0 saturated heterocycles. The molecule has 4 rings (SSSR count). The van der Waals surface area contributed by atoms with Crippen LogP contribution in [0.3, 0.4) is 0 Å². The zero-order chi connectivity index (χ0) is 24.2. The third-order valence-electron chi connectivity index (χ3n) is 5.84. The first-order valence-electron chi connectivity index (χ1n) is 11.0. The quantitative estimate of drug-likeness (QED) is 0.473. The number of amides is 1. The maximum absolute atomic E-state index is 13.1. The number of esters is 1. The molecular formula is C26H26ClN3O3S. The van der Waals surface area contributed by atoms with E-state index < -0.39 is 12.0 Å². The first-order chi connectivity index (χ1) is 16.4. The summed E-state index contributed by atoms with van der Waals surface area (Å²) in [5.41, 5.74) is 3.91. The summed E-state index contributed by atoms with van der Waals surface area (Å²) >= 11 is 7.60. The molecule has 0 aliphatic carbocycles. The molecule has 0 bridgehead atoms. The van der Waals surface area contributed by atoms with Gasteiger partial charge in [0.15, 0.2) is 5.17 Å². The number of benzene rings is 2. The molecule has 2 heterocycles. The van der Waals surface area contributed by atoms with E-state index in [-0.39, 0.29) is 12.3 Å². The van der Waals surface area contributed by atoms with E-state index in [0.717, 1.165) is 22.0 Å². The Morgan fingerprint density at radius 3 is 2.50 bits per heavy atom. The summed E-state index contributed by atoms with van der Waals surface area (Å²) in [7, 11) is 3.17. The topological polar surface area (TPSA) is 62.2 Å². The first-order valence-corrected chi connectivity index (χ1v) is 12.3. The van der Waals surface area contributed by atoms with E-state index in [0.29, 0.717) is 29.3 Å². The Hall–Kier alpha value is -3.03. The van der Waals surface area contributed by atoms with Crippen molar-refractivity contribution in [3.05, 3.63) is 93.1 Å². The van der Waals surface area contributed by atoms with E-state index in [1.807, 2.05) is 59.7 Å². The number of hydrogen-bond donors (Lipinski definition) is 0. The van der Waals surface area contributed by atoms with E-state index in [9.17, 15) is 9.59 Å². The van der Waals surface area contributed by atoms with Gasteiger partial charge in [-0.05, 0) is 35.1 Å². The minimum Gasteiger partial charge on any atom is -0.466 e. The van der Waals surface area contributed by atoms with Crippen molar-refractivity contribution in [2.24, 2.45) is 4.99 Å². The Bertz CT molecular complexity index is 1180. The minimum absolute atomic E-state index is 0.0169. The SMILES string of the molecule is CCC1=C(C(=O)OC)C(c2ccc(Cl)cc2)N2C(CC(=O)N(C)Cc3ccccc3)=CSC2=N1. The third kappa shape index (κ3) is 4.91. The number of nitrogens with zero attached hydrogens (tertiary/aromatic N) is 3. The van der Waals surface area contributed by atoms with Crippen LogP contribution in [0.5, 0.6) is 0 Å². The van der Waals surface area contributed by atoms with Gasteiger partial charge in [0.05, 0.1) is 30.8 Å². The van der Waals surface area contributed by atoms with Crippen LogP contribution >= 0.6 is 23.4 Å². The van der Waals surface area contributed by atoms with Crippen LogP contribution in [0.1, 0.15) is 36.9 Å². The van der Waals surface area contributed by atoms with Gasteiger partial charge in [-0.1, -0.05) is 72.8 Å². The highest BCUT2D eigenvalue weighted by atomic mass is 35.5. The van der Waals surface area contributed by atoms with E-state index in [1.165, 1.54) is 18.9 Å².